The normalized spacial score (nSPS) is 18.5. The molecule has 1 nitrogen and oxygen atoms in total. The van der Waals surface area contributed by atoms with E-state index in [4.69, 9.17) is 0 Å². The van der Waals surface area contributed by atoms with E-state index in [2.05, 4.69) is 15.9 Å². The molecule has 1 saturated carbocycles. The van der Waals surface area contributed by atoms with Crippen molar-refractivity contribution >= 4 is 15.9 Å². The van der Waals surface area contributed by atoms with Crippen molar-refractivity contribution < 1.29 is 9.50 Å². The van der Waals surface area contributed by atoms with E-state index in [1.165, 1.54) is 31.7 Å². The van der Waals surface area contributed by atoms with Crippen LogP contribution in [-0.2, 0) is 6.42 Å². The Hall–Kier alpha value is -0.410. The highest BCUT2D eigenvalue weighted by molar-refractivity contribution is 9.10. The van der Waals surface area contributed by atoms with Crippen molar-refractivity contribution in [2.24, 2.45) is 11.8 Å². The monoisotopic (exact) mass is 300 g/mol. The van der Waals surface area contributed by atoms with Gasteiger partial charge in [-0.15, -0.1) is 0 Å². The second-order valence-electron chi connectivity index (χ2n) is 4.94. The number of rotatable bonds is 4. The summed E-state index contributed by atoms with van der Waals surface area (Å²) in [6.07, 6.45) is 5.88. The van der Waals surface area contributed by atoms with Crippen LogP contribution in [0.2, 0.25) is 0 Å². The standard InChI is InChI=1S/C14H18BrFO/c15-13-8-10(5-6-14(13)16)7-12(9-17)11-3-1-2-4-11/h5-6,8,11-12,17H,1-4,7,9H2. The van der Waals surface area contributed by atoms with Crippen LogP contribution in [0.3, 0.4) is 0 Å². The van der Waals surface area contributed by atoms with Gasteiger partial charge in [-0.2, -0.15) is 0 Å². The van der Waals surface area contributed by atoms with E-state index < -0.39 is 0 Å². The number of aliphatic hydroxyl groups is 1. The molecule has 1 fully saturated rings. The maximum Gasteiger partial charge on any atom is 0.137 e. The van der Waals surface area contributed by atoms with Crippen LogP contribution in [0, 0.1) is 17.7 Å². The molecule has 0 spiro atoms. The Balaban J connectivity index is 2.04. The third-order valence-corrected chi connectivity index (χ3v) is 4.39. The molecular formula is C14H18BrFO. The van der Waals surface area contributed by atoms with Gasteiger partial charge in [0.05, 0.1) is 4.47 Å². The van der Waals surface area contributed by atoms with Crippen LogP contribution >= 0.6 is 15.9 Å². The smallest absolute Gasteiger partial charge is 0.137 e. The van der Waals surface area contributed by atoms with Gasteiger partial charge >= 0.3 is 0 Å². The third kappa shape index (κ3) is 3.29. The molecule has 0 bridgehead atoms. The van der Waals surface area contributed by atoms with Crippen LogP contribution < -0.4 is 0 Å². The molecule has 17 heavy (non-hydrogen) atoms. The van der Waals surface area contributed by atoms with Crippen molar-refractivity contribution in [1.29, 1.82) is 0 Å². The molecular weight excluding hydrogens is 283 g/mol. The zero-order valence-electron chi connectivity index (χ0n) is 9.83. The minimum Gasteiger partial charge on any atom is -0.396 e. The average molecular weight is 301 g/mol. The van der Waals surface area contributed by atoms with Gasteiger partial charge in [0.1, 0.15) is 5.82 Å². The van der Waals surface area contributed by atoms with Gasteiger partial charge in [-0.05, 0) is 51.9 Å². The van der Waals surface area contributed by atoms with Gasteiger partial charge in [0, 0.05) is 6.61 Å². The summed E-state index contributed by atoms with van der Waals surface area (Å²) in [6.45, 7) is 0.236. The molecule has 1 atom stereocenters. The highest BCUT2D eigenvalue weighted by Gasteiger charge is 2.24. The first-order valence-electron chi connectivity index (χ1n) is 6.25. The van der Waals surface area contributed by atoms with E-state index in [1.54, 1.807) is 0 Å². The number of hydrogen-bond donors (Lipinski definition) is 1. The molecule has 3 heteroatoms. The molecule has 1 unspecified atom stereocenters. The Morgan fingerprint density at radius 2 is 2.06 bits per heavy atom. The van der Waals surface area contributed by atoms with Gasteiger partial charge in [0.25, 0.3) is 0 Å². The lowest BCUT2D eigenvalue weighted by Crippen LogP contribution is -2.18. The summed E-state index contributed by atoms with van der Waals surface area (Å²) in [4.78, 5) is 0. The molecule has 1 aliphatic rings. The molecule has 1 N–H and O–H groups in total. The maximum absolute atomic E-state index is 13.1. The minimum atomic E-state index is -0.227. The summed E-state index contributed by atoms with van der Waals surface area (Å²) < 4.78 is 13.6. The molecule has 94 valence electrons. The van der Waals surface area contributed by atoms with E-state index in [9.17, 15) is 9.50 Å². The largest absolute Gasteiger partial charge is 0.396 e. The Morgan fingerprint density at radius 1 is 1.35 bits per heavy atom. The molecule has 0 radical (unpaired) electrons. The van der Waals surface area contributed by atoms with Crippen LogP contribution in [0.15, 0.2) is 22.7 Å². The number of benzene rings is 1. The van der Waals surface area contributed by atoms with Gasteiger partial charge in [0.2, 0.25) is 0 Å². The van der Waals surface area contributed by atoms with E-state index in [0.29, 0.717) is 16.3 Å². The van der Waals surface area contributed by atoms with Crippen LogP contribution in [0.1, 0.15) is 31.2 Å². The predicted molar refractivity (Wildman–Crippen MR) is 70.3 cm³/mol. The molecule has 0 aliphatic heterocycles. The zero-order valence-corrected chi connectivity index (χ0v) is 11.4. The Morgan fingerprint density at radius 3 is 2.65 bits per heavy atom. The molecule has 0 amide bonds. The second-order valence-corrected chi connectivity index (χ2v) is 5.79. The van der Waals surface area contributed by atoms with E-state index >= 15 is 0 Å². The Bertz CT molecular complexity index is 374. The van der Waals surface area contributed by atoms with E-state index in [-0.39, 0.29) is 12.4 Å². The lowest BCUT2D eigenvalue weighted by molar-refractivity contribution is 0.175. The molecule has 1 aromatic rings. The minimum absolute atomic E-state index is 0.227. The molecule has 0 saturated heterocycles. The maximum atomic E-state index is 13.1. The van der Waals surface area contributed by atoms with Crippen molar-refractivity contribution in [3.8, 4) is 0 Å². The first-order valence-corrected chi connectivity index (χ1v) is 7.05. The van der Waals surface area contributed by atoms with E-state index in [1.807, 2.05) is 12.1 Å². The fourth-order valence-corrected chi connectivity index (χ4v) is 3.20. The summed E-state index contributed by atoms with van der Waals surface area (Å²) >= 11 is 3.20. The van der Waals surface area contributed by atoms with Crippen LogP contribution in [0.25, 0.3) is 0 Å². The predicted octanol–water partition coefficient (Wildman–Crippen LogP) is 3.93. The van der Waals surface area contributed by atoms with Crippen LogP contribution in [0.5, 0.6) is 0 Å². The van der Waals surface area contributed by atoms with E-state index in [0.717, 1.165) is 12.0 Å². The first kappa shape index (κ1) is 13.0. The molecule has 1 aromatic carbocycles. The quantitative estimate of drug-likeness (QED) is 0.893. The number of aliphatic hydroxyl groups excluding tert-OH is 1. The summed E-state index contributed by atoms with van der Waals surface area (Å²) in [5.41, 5.74) is 1.10. The third-order valence-electron chi connectivity index (χ3n) is 3.78. The average Bonchev–Trinajstić information content (AvgIpc) is 2.84. The highest BCUT2D eigenvalue weighted by atomic mass is 79.9. The molecule has 1 aliphatic carbocycles. The summed E-state index contributed by atoms with van der Waals surface area (Å²) in [5.74, 6) is 0.744. The van der Waals surface area contributed by atoms with Gasteiger partial charge in [-0.25, -0.2) is 4.39 Å². The fourth-order valence-electron chi connectivity index (χ4n) is 2.78. The van der Waals surface area contributed by atoms with Crippen molar-refractivity contribution in [2.75, 3.05) is 6.61 Å². The Labute approximate surface area is 110 Å². The summed E-state index contributed by atoms with van der Waals surface area (Å²) in [7, 11) is 0. The lowest BCUT2D eigenvalue weighted by atomic mass is 9.86. The lowest BCUT2D eigenvalue weighted by Gasteiger charge is -2.21. The summed E-state index contributed by atoms with van der Waals surface area (Å²) in [5, 5.41) is 9.49. The van der Waals surface area contributed by atoms with Crippen molar-refractivity contribution in [1.82, 2.24) is 0 Å². The molecule has 2 rings (SSSR count). The van der Waals surface area contributed by atoms with Crippen molar-refractivity contribution in [3.63, 3.8) is 0 Å². The van der Waals surface area contributed by atoms with Gasteiger partial charge < -0.3 is 5.11 Å². The second kappa shape index (κ2) is 5.96. The molecule has 0 aromatic heterocycles. The molecule has 0 heterocycles. The van der Waals surface area contributed by atoms with Gasteiger partial charge in [-0.1, -0.05) is 31.7 Å². The van der Waals surface area contributed by atoms with Gasteiger partial charge in [-0.3, -0.25) is 0 Å². The van der Waals surface area contributed by atoms with Gasteiger partial charge in [0.15, 0.2) is 0 Å². The zero-order chi connectivity index (χ0) is 12.3. The van der Waals surface area contributed by atoms with Crippen molar-refractivity contribution in [2.45, 2.75) is 32.1 Å². The van der Waals surface area contributed by atoms with Crippen LogP contribution in [-0.4, -0.2) is 11.7 Å². The Kier molecular flexibility index (Phi) is 4.57. The number of hydrogen-bond acceptors (Lipinski definition) is 1. The topological polar surface area (TPSA) is 20.2 Å². The highest BCUT2D eigenvalue weighted by Crippen LogP contribution is 2.33. The first-order chi connectivity index (χ1) is 8.20. The van der Waals surface area contributed by atoms with Crippen LogP contribution in [0.4, 0.5) is 4.39 Å². The SMILES string of the molecule is OCC(Cc1ccc(F)c(Br)c1)C1CCCC1. The summed E-state index contributed by atoms with van der Waals surface area (Å²) in [6, 6.07) is 5.13. The van der Waals surface area contributed by atoms with Crippen molar-refractivity contribution in [3.05, 3.63) is 34.1 Å². The number of halogens is 2. The fraction of sp³-hybridized carbons (Fsp3) is 0.571.